The van der Waals surface area contributed by atoms with Crippen molar-refractivity contribution in [1.82, 2.24) is 5.32 Å². The van der Waals surface area contributed by atoms with E-state index in [2.05, 4.69) is 5.32 Å². The van der Waals surface area contributed by atoms with E-state index in [0.29, 0.717) is 31.7 Å². The van der Waals surface area contributed by atoms with E-state index in [0.717, 1.165) is 6.07 Å². The molecule has 100 valence electrons. The molecule has 1 aliphatic heterocycles. The van der Waals surface area contributed by atoms with Crippen LogP contribution in [0.4, 0.5) is 8.78 Å². The highest BCUT2D eigenvalue weighted by molar-refractivity contribution is 5.21. The number of ether oxygens (including phenoxy) is 1. The lowest BCUT2D eigenvalue weighted by atomic mass is 10.0. The van der Waals surface area contributed by atoms with Crippen LogP contribution < -0.4 is 5.32 Å². The Morgan fingerprint density at radius 3 is 2.89 bits per heavy atom. The molecule has 0 radical (unpaired) electrons. The first kappa shape index (κ1) is 13.4. The summed E-state index contributed by atoms with van der Waals surface area (Å²) in [7, 11) is 0. The van der Waals surface area contributed by atoms with Gasteiger partial charge in [0.2, 0.25) is 0 Å². The van der Waals surface area contributed by atoms with Gasteiger partial charge in [0.15, 0.2) is 0 Å². The monoisotopic (exact) mass is 257 g/mol. The molecule has 2 rings (SSSR count). The third-order valence-corrected chi connectivity index (χ3v) is 3.25. The average Bonchev–Trinajstić information content (AvgIpc) is 2.74. The fraction of sp³-hybridized carbons (Fsp3) is 0.538. The normalized spacial score (nSPS) is 25.3. The topological polar surface area (TPSA) is 41.5 Å². The van der Waals surface area contributed by atoms with Crippen LogP contribution in [-0.4, -0.2) is 30.5 Å². The van der Waals surface area contributed by atoms with Crippen LogP contribution >= 0.6 is 0 Å². The minimum atomic E-state index is -0.884. The van der Waals surface area contributed by atoms with Gasteiger partial charge in [0.05, 0.1) is 6.61 Å². The van der Waals surface area contributed by atoms with Gasteiger partial charge in [0, 0.05) is 37.2 Å². The highest BCUT2D eigenvalue weighted by Gasteiger charge is 2.32. The van der Waals surface area contributed by atoms with Crippen LogP contribution in [0.2, 0.25) is 0 Å². The molecule has 2 N–H and O–H groups in total. The Balaban J connectivity index is 1.97. The van der Waals surface area contributed by atoms with Gasteiger partial charge in [-0.1, -0.05) is 6.07 Å². The number of hydrogen-bond donors (Lipinski definition) is 2. The van der Waals surface area contributed by atoms with Crippen LogP contribution in [0.25, 0.3) is 0 Å². The summed E-state index contributed by atoms with van der Waals surface area (Å²) in [5, 5.41) is 13.1. The van der Waals surface area contributed by atoms with Crippen molar-refractivity contribution in [2.45, 2.75) is 25.0 Å². The highest BCUT2D eigenvalue weighted by atomic mass is 19.1. The average molecular weight is 257 g/mol. The van der Waals surface area contributed by atoms with Crippen molar-refractivity contribution in [1.29, 1.82) is 0 Å². The molecule has 0 unspecified atom stereocenters. The molecule has 2 atom stereocenters. The summed E-state index contributed by atoms with van der Waals surface area (Å²) in [4.78, 5) is 0. The van der Waals surface area contributed by atoms with Crippen LogP contribution in [0.3, 0.4) is 0 Å². The van der Waals surface area contributed by atoms with Crippen LogP contribution in [0.15, 0.2) is 18.2 Å². The minimum absolute atomic E-state index is 0.290. The molecule has 0 aromatic heterocycles. The lowest BCUT2D eigenvalue weighted by Gasteiger charge is -2.24. The number of benzene rings is 1. The summed E-state index contributed by atoms with van der Waals surface area (Å²) in [6, 6.07) is 3.21. The van der Waals surface area contributed by atoms with E-state index >= 15 is 0 Å². The quantitative estimate of drug-likeness (QED) is 0.863. The Bertz CT molecular complexity index is 419. The van der Waals surface area contributed by atoms with E-state index in [9.17, 15) is 13.9 Å². The molecule has 0 amide bonds. The maximum atomic E-state index is 13.5. The Kier molecular flexibility index (Phi) is 3.94. The van der Waals surface area contributed by atoms with Crippen molar-refractivity contribution in [3.8, 4) is 0 Å². The third-order valence-electron chi connectivity index (χ3n) is 3.25. The van der Waals surface area contributed by atoms with E-state index in [1.807, 2.05) is 0 Å². The molecule has 0 aliphatic carbocycles. The van der Waals surface area contributed by atoms with Gasteiger partial charge in [-0.25, -0.2) is 8.78 Å². The van der Waals surface area contributed by atoms with E-state index in [4.69, 9.17) is 4.74 Å². The molecule has 18 heavy (non-hydrogen) atoms. The van der Waals surface area contributed by atoms with Crippen LogP contribution in [0.5, 0.6) is 0 Å². The first-order valence-corrected chi connectivity index (χ1v) is 5.99. The largest absolute Gasteiger partial charge is 0.386 e. The number of nitrogens with one attached hydrogen (secondary N) is 1. The first-order chi connectivity index (χ1) is 8.50. The maximum absolute atomic E-state index is 13.5. The van der Waals surface area contributed by atoms with Crippen LogP contribution in [-0.2, 0) is 4.74 Å². The molecule has 0 saturated carbocycles. The molecule has 3 nitrogen and oxygen atoms in total. The Morgan fingerprint density at radius 1 is 1.50 bits per heavy atom. The summed E-state index contributed by atoms with van der Waals surface area (Å²) < 4.78 is 31.4. The predicted octanol–water partition coefficient (Wildman–Crippen LogP) is 1.77. The lowest BCUT2D eigenvalue weighted by Crippen LogP contribution is -2.42. The smallest absolute Gasteiger partial charge is 0.130 e. The van der Waals surface area contributed by atoms with Gasteiger partial charge in [-0.2, -0.15) is 0 Å². The summed E-state index contributed by atoms with van der Waals surface area (Å²) in [6.07, 6.45) is 0.568. The van der Waals surface area contributed by atoms with E-state index in [1.165, 1.54) is 12.1 Å². The molecule has 1 aliphatic rings. The fourth-order valence-corrected chi connectivity index (χ4v) is 2.04. The number of rotatable bonds is 4. The second-order valence-corrected chi connectivity index (χ2v) is 4.80. The summed E-state index contributed by atoms with van der Waals surface area (Å²) in [6.45, 7) is 2.93. The van der Waals surface area contributed by atoms with Gasteiger partial charge in [0.25, 0.3) is 0 Å². The molecule has 0 spiro atoms. The zero-order chi connectivity index (χ0) is 13.2. The van der Waals surface area contributed by atoms with E-state index in [1.54, 1.807) is 6.92 Å². The van der Waals surface area contributed by atoms with Gasteiger partial charge >= 0.3 is 0 Å². The Morgan fingerprint density at radius 2 is 2.28 bits per heavy atom. The van der Waals surface area contributed by atoms with Crippen LogP contribution in [0, 0.1) is 11.6 Å². The zero-order valence-electron chi connectivity index (χ0n) is 10.2. The molecular formula is C13H17F2NO2. The number of halogens is 2. The standard InChI is InChI=1S/C13H17F2NO2/c1-9(11-3-2-10(14)6-12(11)15)16-7-13(17)4-5-18-8-13/h2-3,6,9,16-17H,4-5,7-8H2,1H3/t9-,13-/m0/s1. The highest BCUT2D eigenvalue weighted by Crippen LogP contribution is 2.21. The SMILES string of the molecule is C[C@H](NC[C@@]1(O)CCOC1)c1ccc(F)cc1F. The van der Waals surface area contributed by atoms with Crippen molar-refractivity contribution >= 4 is 0 Å². The number of hydrogen-bond acceptors (Lipinski definition) is 3. The third kappa shape index (κ3) is 3.04. The first-order valence-electron chi connectivity index (χ1n) is 5.99. The Labute approximate surface area is 105 Å². The van der Waals surface area contributed by atoms with Crippen molar-refractivity contribution in [2.24, 2.45) is 0 Å². The van der Waals surface area contributed by atoms with Crippen LogP contribution in [0.1, 0.15) is 24.9 Å². The van der Waals surface area contributed by atoms with Gasteiger partial charge < -0.3 is 15.2 Å². The zero-order valence-corrected chi connectivity index (χ0v) is 10.2. The van der Waals surface area contributed by atoms with Crippen molar-refractivity contribution < 1.29 is 18.6 Å². The molecule has 0 bridgehead atoms. The van der Waals surface area contributed by atoms with Crippen molar-refractivity contribution in [3.63, 3.8) is 0 Å². The molecule has 5 heteroatoms. The van der Waals surface area contributed by atoms with Crippen molar-refractivity contribution in [2.75, 3.05) is 19.8 Å². The molecular weight excluding hydrogens is 240 g/mol. The Hall–Kier alpha value is -1.04. The van der Waals surface area contributed by atoms with Crippen molar-refractivity contribution in [3.05, 3.63) is 35.4 Å². The number of aliphatic hydroxyl groups is 1. The molecule has 1 fully saturated rings. The fourth-order valence-electron chi connectivity index (χ4n) is 2.04. The molecule has 1 heterocycles. The minimum Gasteiger partial charge on any atom is -0.386 e. The van der Waals surface area contributed by atoms with Gasteiger partial charge in [-0.15, -0.1) is 0 Å². The van der Waals surface area contributed by atoms with Gasteiger partial charge in [0.1, 0.15) is 17.2 Å². The molecule has 1 aromatic rings. The maximum Gasteiger partial charge on any atom is 0.130 e. The predicted molar refractivity (Wildman–Crippen MR) is 63.2 cm³/mol. The van der Waals surface area contributed by atoms with E-state index in [-0.39, 0.29) is 6.04 Å². The molecule has 1 aromatic carbocycles. The summed E-state index contributed by atoms with van der Waals surface area (Å²) >= 11 is 0. The van der Waals surface area contributed by atoms with Gasteiger partial charge in [-0.3, -0.25) is 0 Å². The summed E-state index contributed by atoms with van der Waals surface area (Å²) in [5.41, 5.74) is -0.496. The lowest BCUT2D eigenvalue weighted by molar-refractivity contribution is 0.0251. The second kappa shape index (κ2) is 5.30. The van der Waals surface area contributed by atoms with Gasteiger partial charge in [-0.05, 0) is 13.0 Å². The summed E-state index contributed by atoms with van der Waals surface area (Å²) in [5.74, 6) is -1.17. The second-order valence-electron chi connectivity index (χ2n) is 4.80. The molecule has 1 saturated heterocycles. The van der Waals surface area contributed by atoms with E-state index < -0.39 is 17.2 Å².